The molecule has 0 fully saturated rings. The van der Waals surface area contributed by atoms with Crippen molar-refractivity contribution in [3.05, 3.63) is 45.5 Å². The monoisotopic (exact) mass is 410 g/mol. The van der Waals surface area contributed by atoms with E-state index in [0.717, 1.165) is 38.9 Å². The molecule has 0 unspecified atom stereocenters. The highest BCUT2D eigenvalue weighted by atomic mass is 16.5. The van der Waals surface area contributed by atoms with Crippen LogP contribution in [0.25, 0.3) is 11.1 Å². The SMILES string of the molecule is COc1cc(C(C)C)c(-c2c(OC)cc(C)c(C(C)=O)c2C(C)C)c(C)c1C(C)=O. The quantitative estimate of drug-likeness (QED) is 0.480. The van der Waals surface area contributed by atoms with Gasteiger partial charge in [-0.2, -0.15) is 0 Å². The molecule has 0 saturated heterocycles. The molecule has 0 aliphatic carbocycles. The van der Waals surface area contributed by atoms with Crippen molar-refractivity contribution >= 4 is 11.6 Å². The Morgan fingerprint density at radius 1 is 0.767 bits per heavy atom. The van der Waals surface area contributed by atoms with Gasteiger partial charge >= 0.3 is 0 Å². The first-order valence-electron chi connectivity index (χ1n) is 10.4. The molecular formula is C26H34O4. The van der Waals surface area contributed by atoms with Crippen LogP contribution in [0, 0.1) is 13.8 Å². The Hall–Kier alpha value is -2.62. The summed E-state index contributed by atoms with van der Waals surface area (Å²) < 4.78 is 11.4. The molecule has 30 heavy (non-hydrogen) atoms. The van der Waals surface area contributed by atoms with Gasteiger partial charge in [0, 0.05) is 11.1 Å². The standard InChI is InChI=1S/C26H34O4/c1-13(2)19-12-21(30-10)24(18(8)28)16(6)25(19)26-20(29-9)11-15(5)23(17(7)27)22(26)14(3)4/h11-14H,1-10H3. The molecule has 0 aromatic heterocycles. The summed E-state index contributed by atoms with van der Waals surface area (Å²) in [4.78, 5) is 25.2. The molecule has 4 heteroatoms. The van der Waals surface area contributed by atoms with Crippen LogP contribution in [0.15, 0.2) is 12.1 Å². The zero-order valence-corrected chi connectivity index (χ0v) is 19.9. The van der Waals surface area contributed by atoms with Crippen molar-refractivity contribution in [3.8, 4) is 22.6 Å². The van der Waals surface area contributed by atoms with Crippen molar-refractivity contribution in [1.82, 2.24) is 0 Å². The van der Waals surface area contributed by atoms with Gasteiger partial charge in [0.2, 0.25) is 0 Å². The largest absolute Gasteiger partial charge is 0.496 e. The average Bonchev–Trinajstić information content (AvgIpc) is 2.65. The number of rotatable bonds is 7. The predicted molar refractivity (Wildman–Crippen MR) is 123 cm³/mol. The highest BCUT2D eigenvalue weighted by Gasteiger charge is 2.28. The number of ketones is 2. The lowest BCUT2D eigenvalue weighted by Crippen LogP contribution is -2.12. The maximum atomic E-state index is 12.6. The lowest BCUT2D eigenvalue weighted by molar-refractivity contribution is 0.100. The van der Waals surface area contributed by atoms with Crippen molar-refractivity contribution in [2.24, 2.45) is 0 Å². The fourth-order valence-corrected chi connectivity index (χ4v) is 4.47. The minimum atomic E-state index is -0.0510. The molecule has 0 radical (unpaired) electrons. The number of Topliss-reactive ketones (excluding diaryl/α,β-unsaturated/α-hetero) is 2. The minimum Gasteiger partial charge on any atom is -0.496 e. The molecule has 0 N–H and O–H groups in total. The third-order valence-corrected chi connectivity index (χ3v) is 5.69. The molecule has 0 amide bonds. The van der Waals surface area contributed by atoms with Crippen molar-refractivity contribution in [1.29, 1.82) is 0 Å². The maximum absolute atomic E-state index is 12.6. The summed E-state index contributed by atoms with van der Waals surface area (Å²) in [7, 11) is 3.24. The summed E-state index contributed by atoms with van der Waals surface area (Å²) in [5.74, 6) is 1.55. The van der Waals surface area contributed by atoms with Gasteiger partial charge in [0.15, 0.2) is 11.6 Å². The molecule has 162 valence electrons. The molecule has 0 aliphatic rings. The van der Waals surface area contributed by atoms with E-state index < -0.39 is 0 Å². The molecule has 4 nitrogen and oxygen atoms in total. The zero-order valence-electron chi connectivity index (χ0n) is 19.9. The highest BCUT2D eigenvalue weighted by molar-refractivity contribution is 6.04. The van der Waals surface area contributed by atoms with Crippen LogP contribution < -0.4 is 9.47 Å². The Labute approximate surface area is 180 Å². The van der Waals surface area contributed by atoms with Gasteiger partial charge in [-0.05, 0) is 79.5 Å². The number of ether oxygens (including phenoxy) is 2. The Kier molecular flexibility index (Phi) is 7.12. The topological polar surface area (TPSA) is 52.6 Å². The average molecular weight is 411 g/mol. The van der Waals surface area contributed by atoms with Crippen molar-refractivity contribution in [2.45, 2.75) is 67.2 Å². The van der Waals surface area contributed by atoms with Gasteiger partial charge in [-0.15, -0.1) is 0 Å². The van der Waals surface area contributed by atoms with Crippen LogP contribution in [0.4, 0.5) is 0 Å². The van der Waals surface area contributed by atoms with Crippen molar-refractivity contribution in [2.75, 3.05) is 14.2 Å². The van der Waals surface area contributed by atoms with Crippen LogP contribution in [0.5, 0.6) is 11.5 Å². The van der Waals surface area contributed by atoms with Crippen molar-refractivity contribution < 1.29 is 19.1 Å². The molecule has 0 aliphatic heterocycles. The van der Waals surface area contributed by atoms with Crippen LogP contribution in [-0.2, 0) is 0 Å². The van der Waals surface area contributed by atoms with E-state index in [-0.39, 0.29) is 23.4 Å². The Morgan fingerprint density at radius 2 is 1.30 bits per heavy atom. The number of carbonyl (C=O) groups excluding carboxylic acids is 2. The number of methoxy groups -OCH3 is 2. The summed E-state index contributed by atoms with van der Waals surface area (Å²) in [6.45, 7) is 15.5. The summed E-state index contributed by atoms with van der Waals surface area (Å²) in [5.41, 5.74) is 6.93. The lowest BCUT2D eigenvalue weighted by Gasteiger charge is -2.27. The van der Waals surface area contributed by atoms with Gasteiger partial charge in [-0.25, -0.2) is 0 Å². The van der Waals surface area contributed by atoms with Crippen LogP contribution >= 0.6 is 0 Å². The van der Waals surface area contributed by atoms with E-state index in [4.69, 9.17) is 9.47 Å². The molecule has 0 atom stereocenters. The lowest BCUT2D eigenvalue weighted by atomic mass is 9.78. The van der Waals surface area contributed by atoms with Gasteiger partial charge in [0.25, 0.3) is 0 Å². The molecule has 0 heterocycles. The second kappa shape index (κ2) is 9.03. The molecule has 2 aromatic carbocycles. The van der Waals surface area contributed by atoms with Crippen LogP contribution in [0.1, 0.15) is 96.3 Å². The summed E-state index contributed by atoms with van der Waals surface area (Å²) in [6, 6.07) is 3.89. The van der Waals surface area contributed by atoms with Crippen LogP contribution in [-0.4, -0.2) is 25.8 Å². The predicted octanol–water partition coefficient (Wildman–Crippen LogP) is 6.64. The minimum absolute atomic E-state index is 0.0316. The third kappa shape index (κ3) is 4.00. The Balaban J connectivity index is 3.21. The second-order valence-corrected chi connectivity index (χ2v) is 8.52. The van der Waals surface area contributed by atoms with Gasteiger partial charge < -0.3 is 9.47 Å². The van der Waals surface area contributed by atoms with Crippen LogP contribution in [0.3, 0.4) is 0 Å². The first kappa shape index (κ1) is 23.7. The fraction of sp³-hybridized carbons (Fsp3) is 0.462. The molecule has 2 rings (SSSR count). The Morgan fingerprint density at radius 3 is 1.70 bits per heavy atom. The van der Waals surface area contributed by atoms with E-state index in [0.29, 0.717) is 17.1 Å². The van der Waals surface area contributed by atoms with E-state index in [1.807, 2.05) is 26.0 Å². The van der Waals surface area contributed by atoms with E-state index in [1.165, 1.54) is 0 Å². The third-order valence-electron chi connectivity index (χ3n) is 5.69. The highest BCUT2D eigenvalue weighted by Crippen LogP contribution is 2.47. The van der Waals surface area contributed by atoms with E-state index in [1.54, 1.807) is 28.1 Å². The van der Waals surface area contributed by atoms with Gasteiger partial charge in [0.1, 0.15) is 11.5 Å². The molecule has 2 aromatic rings. The Bertz CT molecular complexity index is 997. The number of hydrogen-bond acceptors (Lipinski definition) is 4. The normalized spacial score (nSPS) is 11.2. The van der Waals surface area contributed by atoms with Gasteiger partial charge in [-0.3, -0.25) is 9.59 Å². The first-order valence-corrected chi connectivity index (χ1v) is 10.4. The van der Waals surface area contributed by atoms with E-state index >= 15 is 0 Å². The van der Waals surface area contributed by atoms with Gasteiger partial charge in [-0.1, -0.05) is 27.7 Å². The fourth-order valence-electron chi connectivity index (χ4n) is 4.47. The maximum Gasteiger partial charge on any atom is 0.163 e. The zero-order chi connectivity index (χ0) is 22.9. The van der Waals surface area contributed by atoms with E-state index in [2.05, 4.69) is 27.7 Å². The number of aryl methyl sites for hydroxylation is 1. The summed E-state index contributed by atoms with van der Waals surface area (Å²) in [6.07, 6.45) is 0. The number of hydrogen-bond donors (Lipinski definition) is 0. The molecule has 0 bridgehead atoms. The molecule has 0 saturated carbocycles. The van der Waals surface area contributed by atoms with Gasteiger partial charge in [0.05, 0.1) is 19.8 Å². The van der Waals surface area contributed by atoms with E-state index in [9.17, 15) is 9.59 Å². The smallest absolute Gasteiger partial charge is 0.163 e. The molecule has 0 spiro atoms. The molecular weight excluding hydrogens is 376 g/mol. The van der Waals surface area contributed by atoms with Crippen molar-refractivity contribution in [3.63, 3.8) is 0 Å². The first-order chi connectivity index (χ1) is 14.0. The number of benzene rings is 2. The summed E-state index contributed by atoms with van der Waals surface area (Å²) in [5, 5.41) is 0. The number of carbonyl (C=O) groups is 2. The van der Waals surface area contributed by atoms with Crippen LogP contribution in [0.2, 0.25) is 0 Å². The second-order valence-electron chi connectivity index (χ2n) is 8.52. The summed E-state index contributed by atoms with van der Waals surface area (Å²) >= 11 is 0.